The summed E-state index contributed by atoms with van der Waals surface area (Å²) in [6.45, 7) is 14.8. The van der Waals surface area contributed by atoms with Gasteiger partial charge in [-0.2, -0.15) is 5.26 Å². The Kier molecular flexibility index (Phi) is 19.7. The second-order valence-corrected chi connectivity index (χ2v) is 20.8. The third kappa shape index (κ3) is 12.9. The van der Waals surface area contributed by atoms with E-state index < -0.39 is 61.8 Å². The van der Waals surface area contributed by atoms with Crippen LogP contribution in [0.1, 0.15) is 83.4 Å². The summed E-state index contributed by atoms with van der Waals surface area (Å²) >= 11 is 0. The van der Waals surface area contributed by atoms with E-state index in [1.54, 1.807) is 38.9 Å². The number of hydrogen-bond acceptors (Lipinski definition) is 15. The third-order valence-electron chi connectivity index (χ3n) is 10.8. The molecule has 0 amide bonds. The van der Waals surface area contributed by atoms with E-state index in [2.05, 4.69) is 24.9 Å². The molecule has 5 atom stereocenters. The van der Waals surface area contributed by atoms with Crippen LogP contribution in [0.3, 0.4) is 0 Å². The number of aryl methyl sites for hydroxylation is 1. The summed E-state index contributed by atoms with van der Waals surface area (Å²) in [5.74, 6) is 0.812. The quantitative estimate of drug-likeness (QED) is 0.0167. The van der Waals surface area contributed by atoms with Gasteiger partial charge in [0.1, 0.15) is 35.4 Å². The lowest BCUT2D eigenvalue weighted by atomic mass is 9.80. The number of ether oxygens (including phenoxy) is 6. The van der Waals surface area contributed by atoms with Crippen LogP contribution in [0.4, 0.5) is 0 Å². The van der Waals surface area contributed by atoms with E-state index in [0.717, 1.165) is 16.7 Å². The van der Waals surface area contributed by atoms with Gasteiger partial charge in [0.15, 0.2) is 0 Å². The average Bonchev–Trinajstić information content (AvgIpc) is 3.70. The van der Waals surface area contributed by atoms with Crippen LogP contribution in [0, 0.1) is 23.7 Å². The first-order valence-electron chi connectivity index (χ1n) is 21.9. The van der Waals surface area contributed by atoms with E-state index in [1.807, 2.05) is 111 Å². The Morgan fingerprint density at radius 1 is 0.924 bits per heavy atom. The van der Waals surface area contributed by atoms with Gasteiger partial charge in [0.2, 0.25) is 5.41 Å². The lowest BCUT2D eigenvalue weighted by Gasteiger charge is -2.39. The van der Waals surface area contributed by atoms with Crippen LogP contribution >= 0.6 is 30.1 Å². The van der Waals surface area contributed by atoms with Crippen molar-refractivity contribution in [3.05, 3.63) is 128 Å². The number of nitrogens with zero attached hydrogens (tertiary/aromatic N) is 3. The lowest BCUT2D eigenvalue weighted by Crippen LogP contribution is -2.42. The Balaban J connectivity index is 1.59. The molecule has 0 saturated carbocycles. The van der Waals surface area contributed by atoms with Crippen molar-refractivity contribution in [2.45, 2.75) is 103 Å². The van der Waals surface area contributed by atoms with Gasteiger partial charge in [-0.15, -0.1) is 0 Å². The molecule has 0 aliphatic carbocycles. The molecule has 1 aromatic heterocycles. The predicted octanol–water partition coefficient (Wildman–Crippen LogP) is 8.74. The van der Waals surface area contributed by atoms with Gasteiger partial charge in [-0.3, -0.25) is 19.1 Å². The highest BCUT2D eigenvalue weighted by Gasteiger charge is 2.47. The van der Waals surface area contributed by atoms with Crippen molar-refractivity contribution >= 4 is 36.1 Å². The molecule has 66 heavy (non-hydrogen) atoms. The van der Waals surface area contributed by atoms with Crippen LogP contribution in [0.2, 0.25) is 0 Å². The van der Waals surface area contributed by atoms with Crippen LogP contribution in [0.5, 0.6) is 11.5 Å². The Morgan fingerprint density at radius 2 is 1.52 bits per heavy atom. The number of H-pyrrole nitrogens is 1. The summed E-state index contributed by atoms with van der Waals surface area (Å²) in [5.41, 5.74) is -1.44. The fraction of sp³-hybridized carbons (Fsp3) is 0.500. The lowest BCUT2D eigenvalue weighted by molar-refractivity contribution is -0.156. The first kappa shape index (κ1) is 52.8. The topological polar surface area (TPSA) is 173 Å². The van der Waals surface area contributed by atoms with E-state index in [1.165, 1.54) is 21.6 Å². The van der Waals surface area contributed by atoms with Crippen molar-refractivity contribution in [3.63, 3.8) is 0 Å². The number of aromatic amines is 1. The number of aromatic nitrogens is 2. The van der Waals surface area contributed by atoms with E-state index in [-0.39, 0.29) is 44.3 Å². The van der Waals surface area contributed by atoms with Gasteiger partial charge in [0.25, 0.3) is 14.1 Å². The third-order valence-corrected chi connectivity index (χ3v) is 15.5. The molecular weight excluding hydrogens is 904 g/mol. The molecule has 0 spiro atoms. The molecular formula is C48H63N4O11PS2. The van der Waals surface area contributed by atoms with Gasteiger partial charge < -0.3 is 37.5 Å². The Labute approximate surface area is 397 Å². The van der Waals surface area contributed by atoms with Crippen LogP contribution in [-0.4, -0.2) is 96.3 Å². The van der Waals surface area contributed by atoms with Gasteiger partial charge in [-0.05, 0) is 82.5 Å². The van der Waals surface area contributed by atoms with Gasteiger partial charge >= 0.3 is 11.7 Å². The van der Waals surface area contributed by atoms with E-state index in [0.29, 0.717) is 22.3 Å². The van der Waals surface area contributed by atoms with Crippen molar-refractivity contribution in [1.82, 2.24) is 14.2 Å². The van der Waals surface area contributed by atoms with Gasteiger partial charge in [-0.25, -0.2) is 9.46 Å². The molecule has 1 aliphatic heterocycles. The summed E-state index contributed by atoms with van der Waals surface area (Å²) in [6, 6.07) is 27.1. The maximum Gasteiger partial charge on any atom is 0.331 e. The minimum absolute atomic E-state index is 0.0548. The minimum Gasteiger partial charge on any atom is -0.497 e. The largest absolute Gasteiger partial charge is 0.497 e. The normalized spacial score (nSPS) is 17.8. The number of esters is 1. The highest BCUT2D eigenvalue weighted by Crippen LogP contribution is 2.51. The van der Waals surface area contributed by atoms with E-state index in [4.69, 9.17) is 37.5 Å². The molecule has 5 rings (SSSR count). The number of nitrogens with one attached hydrogen (secondary N) is 1. The molecule has 1 fully saturated rings. The van der Waals surface area contributed by atoms with Crippen molar-refractivity contribution in [2.75, 3.05) is 46.6 Å². The SMILES string of the molecule is CCOC(=O)C(C#N)(COCSSC(C)C)COP(O[C@H]1C[C@H](n2cc(C)c(=O)[nH]c2=O)O[C@@H]1COC(c1ccccc1)(c1ccc(OC)cc1)c1ccc(OC)cc1)N(C(C)C)C(C)C. The number of hydrogen-bond donors (Lipinski definition) is 1. The van der Waals surface area contributed by atoms with Crippen LogP contribution < -0.4 is 20.7 Å². The molecule has 2 unspecified atom stereocenters. The Bertz CT molecular complexity index is 2250. The van der Waals surface area contributed by atoms with Gasteiger partial charge in [0.05, 0.1) is 52.8 Å². The molecule has 15 nitrogen and oxygen atoms in total. The van der Waals surface area contributed by atoms with Crippen molar-refractivity contribution < 1.29 is 42.3 Å². The summed E-state index contributed by atoms with van der Waals surface area (Å²) in [6.07, 6.45) is -0.907. The molecule has 1 saturated heterocycles. The van der Waals surface area contributed by atoms with E-state index in [9.17, 15) is 19.6 Å². The van der Waals surface area contributed by atoms with Crippen LogP contribution in [0.15, 0.2) is 94.6 Å². The molecule has 1 N–H and O–H groups in total. The molecule has 2 heterocycles. The molecule has 358 valence electrons. The zero-order valence-electron chi connectivity index (χ0n) is 39.4. The van der Waals surface area contributed by atoms with Crippen molar-refractivity contribution in [3.8, 4) is 17.6 Å². The highest BCUT2D eigenvalue weighted by molar-refractivity contribution is 8.76. The monoisotopic (exact) mass is 966 g/mol. The molecule has 4 aromatic rings. The average molecular weight is 967 g/mol. The molecule has 18 heteroatoms. The zero-order valence-corrected chi connectivity index (χ0v) is 41.9. The summed E-state index contributed by atoms with van der Waals surface area (Å²) < 4.78 is 53.7. The fourth-order valence-corrected chi connectivity index (χ4v) is 11.1. The molecule has 3 aromatic carbocycles. The maximum atomic E-state index is 13.6. The zero-order chi connectivity index (χ0) is 48.0. The predicted molar refractivity (Wildman–Crippen MR) is 259 cm³/mol. The summed E-state index contributed by atoms with van der Waals surface area (Å²) in [7, 11) is 4.27. The standard InChI is InChI=1S/C48H63N4O11PS2/c1-11-59-45(54)47(28-49,29-58-31-65-66-34(6)7)30-61-64(52(32(2)3)33(4)5)63-41-25-43(51-26-35(8)44(53)50-46(51)55)62-42(41)27-60-48(36-15-13-12-14-16-36,37-17-21-39(56-9)22-18-37)38-19-23-40(57-10)24-20-38/h12-24,26,32-34,41-43H,11,25,27,29-31H2,1-10H3,(H,50,53,55)/t41-,42+,43+,47?,64?/m0/s1. The number of nitriles is 1. The smallest absolute Gasteiger partial charge is 0.331 e. The molecule has 1 aliphatic rings. The number of carbonyl (C=O) groups is 1. The maximum absolute atomic E-state index is 13.6. The van der Waals surface area contributed by atoms with Gasteiger partial charge in [-0.1, -0.05) is 90.0 Å². The van der Waals surface area contributed by atoms with Gasteiger partial charge in [0, 0.05) is 35.5 Å². The first-order valence-corrected chi connectivity index (χ1v) is 25.4. The van der Waals surface area contributed by atoms with Crippen molar-refractivity contribution in [1.29, 1.82) is 5.26 Å². The number of methoxy groups -OCH3 is 2. The minimum atomic E-state index is -2.06. The first-order chi connectivity index (χ1) is 31.6. The molecule has 0 radical (unpaired) electrons. The Hall–Kier alpha value is -4.21. The molecule has 0 bridgehead atoms. The van der Waals surface area contributed by atoms with Crippen LogP contribution in [-0.2, 0) is 38.4 Å². The van der Waals surface area contributed by atoms with Crippen LogP contribution in [0.25, 0.3) is 0 Å². The number of benzene rings is 3. The second kappa shape index (κ2) is 24.7. The Morgan fingerprint density at radius 3 is 2.05 bits per heavy atom. The number of rotatable bonds is 25. The second-order valence-electron chi connectivity index (χ2n) is 16.5. The summed E-state index contributed by atoms with van der Waals surface area (Å²) in [4.78, 5) is 42.0. The summed E-state index contributed by atoms with van der Waals surface area (Å²) in [5, 5.41) is 11.0. The highest BCUT2D eigenvalue weighted by atomic mass is 33.1. The fourth-order valence-electron chi connectivity index (χ4n) is 7.57. The van der Waals surface area contributed by atoms with E-state index >= 15 is 0 Å². The van der Waals surface area contributed by atoms with Crippen molar-refractivity contribution in [2.24, 2.45) is 5.41 Å². The number of carbonyl (C=O) groups excluding carboxylic acids is 1.